The maximum absolute atomic E-state index is 11.4. The molecule has 1 atom stereocenters. The highest BCUT2D eigenvalue weighted by Crippen LogP contribution is 2.23. The normalized spacial score (nSPS) is 12.0. The number of pyridine rings is 1. The third-order valence-corrected chi connectivity index (χ3v) is 2.85. The molecule has 1 unspecified atom stereocenters. The van der Waals surface area contributed by atoms with Crippen LogP contribution in [0.3, 0.4) is 0 Å². The zero-order chi connectivity index (χ0) is 13.0. The van der Waals surface area contributed by atoms with Crippen molar-refractivity contribution in [2.24, 2.45) is 0 Å². The number of rotatable bonds is 4. The van der Waals surface area contributed by atoms with Crippen LogP contribution < -0.4 is 5.73 Å². The van der Waals surface area contributed by atoms with Crippen molar-refractivity contribution in [2.75, 3.05) is 5.73 Å². The first-order chi connectivity index (χ1) is 8.68. The van der Waals surface area contributed by atoms with Gasteiger partial charge in [-0.05, 0) is 23.6 Å². The molecule has 0 amide bonds. The van der Waals surface area contributed by atoms with Crippen LogP contribution in [0.4, 0.5) is 5.82 Å². The van der Waals surface area contributed by atoms with Crippen LogP contribution in [0.25, 0.3) is 0 Å². The minimum absolute atomic E-state index is 0.346. The van der Waals surface area contributed by atoms with Crippen molar-refractivity contribution in [2.45, 2.75) is 12.3 Å². The number of nitrogen functional groups attached to an aromatic ring is 1. The van der Waals surface area contributed by atoms with Crippen LogP contribution >= 0.6 is 0 Å². The molecule has 0 radical (unpaired) electrons. The SMILES string of the molecule is Nc1ncccc1CC(C(=O)O)c1ccccc1. The van der Waals surface area contributed by atoms with Crippen molar-refractivity contribution in [3.05, 3.63) is 59.8 Å². The Balaban J connectivity index is 2.28. The fourth-order valence-corrected chi connectivity index (χ4v) is 1.88. The summed E-state index contributed by atoms with van der Waals surface area (Å²) in [5.41, 5.74) is 7.27. The summed E-state index contributed by atoms with van der Waals surface area (Å²) in [6, 6.07) is 12.7. The number of aromatic nitrogens is 1. The third-order valence-electron chi connectivity index (χ3n) is 2.85. The number of carboxylic acid groups (broad SMARTS) is 1. The van der Waals surface area contributed by atoms with E-state index in [1.807, 2.05) is 30.3 Å². The highest BCUT2D eigenvalue weighted by atomic mass is 16.4. The minimum atomic E-state index is -0.857. The number of hydrogen-bond donors (Lipinski definition) is 2. The van der Waals surface area contributed by atoms with E-state index in [4.69, 9.17) is 5.73 Å². The maximum Gasteiger partial charge on any atom is 0.311 e. The lowest BCUT2D eigenvalue weighted by Crippen LogP contribution is -2.15. The molecule has 0 saturated heterocycles. The zero-order valence-corrected chi connectivity index (χ0v) is 9.78. The molecule has 0 fully saturated rings. The molecule has 3 N–H and O–H groups in total. The molecule has 2 aromatic rings. The molecule has 1 aromatic carbocycles. The number of benzene rings is 1. The summed E-state index contributed by atoms with van der Waals surface area (Å²) >= 11 is 0. The molecule has 4 heteroatoms. The summed E-state index contributed by atoms with van der Waals surface area (Å²) in [4.78, 5) is 15.3. The molecule has 0 aliphatic rings. The Kier molecular flexibility index (Phi) is 3.57. The molecular formula is C14H14N2O2. The number of anilines is 1. The van der Waals surface area contributed by atoms with E-state index >= 15 is 0 Å². The quantitative estimate of drug-likeness (QED) is 0.860. The summed E-state index contributed by atoms with van der Waals surface area (Å²) in [5.74, 6) is -1.07. The van der Waals surface area contributed by atoms with Gasteiger partial charge in [-0.2, -0.15) is 0 Å². The Morgan fingerprint density at radius 3 is 2.56 bits per heavy atom. The topological polar surface area (TPSA) is 76.2 Å². The number of carbonyl (C=O) groups is 1. The van der Waals surface area contributed by atoms with Crippen LogP contribution in [0, 0.1) is 0 Å². The average Bonchev–Trinajstić information content (AvgIpc) is 2.38. The second-order valence-corrected chi connectivity index (χ2v) is 4.05. The Morgan fingerprint density at radius 1 is 1.22 bits per heavy atom. The van der Waals surface area contributed by atoms with E-state index in [1.165, 1.54) is 0 Å². The Hall–Kier alpha value is -2.36. The number of nitrogens with two attached hydrogens (primary N) is 1. The van der Waals surface area contributed by atoms with Crippen LogP contribution in [0.2, 0.25) is 0 Å². The van der Waals surface area contributed by atoms with Gasteiger partial charge in [0.05, 0.1) is 5.92 Å². The first kappa shape index (κ1) is 12.1. The lowest BCUT2D eigenvalue weighted by molar-refractivity contribution is -0.138. The van der Waals surface area contributed by atoms with Crippen molar-refractivity contribution in [3.8, 4) is 0 Å². The molecule has 0 aliphatic heterocycles. The van der Waals surface area contributed by atoms with Gasteiger partial charge >= 0.3 is 5.97 Å². The Labute approximate surface area is 105 Å². The molecule has 92 valence electrons. The van der Waals surface area contributed by atoms with Gasteiger partial charge in [0.25, 0.3) is 0 Å². The molecule has 2 rings (SSSR count). The fourth-order valence-electron chi connectivity index (χ4n) is 1.88. The highest BCUT2D eigenvalue weighted by molar-refractivity contribution is 5.76. The van der Waals surface area contributed by atoms with Gasteiger partial charge in [-0.25, -0.2) is 4.98 Å². The van der Waals surface area contributed by atoms with Crippen molar-refractivity contribution in [1.29, 1.82) is 0 Å². The third kappa shape index (κ3) is 2.66. The van der Waals surface area contributed by atoms with Crippen LogP contribution in [0.5, 0.6) is 0 Å². The molecular weight excluding hydrogens is 228 g/mol. The van der Waals surface area contributed by atoms with Crippen LogP contribution in [-0.2, 0) is 11.2 Å². The fraction of sp³-hybridized carbons (Fsp3) is 0.143. The standard InChI is InChI=1S/C14H14N2O2/c15-13-11(7-4-8-16-13)9-12(14(17)18)10-5-2-1-3-6-10/h1-8,12H,9H2,(H2,15,16)(H,17,18). The first-order valence-electron chi connectivity index (χ1n) is 5.65. The predicted molar refractivity (Wildman–Crippen MR) is 69.2 cm³/mol. The molecule has 0 spiro atoms. The van der Waals surface area contributed by atoms with Gasteiger partial charge in [0.15, 0.2) is 0 Å². The summed E-state index contributed by atoms with van der Waals surface area (Å²) in [6.07, 6.45) is 1.94. The van der Waals surface area contributed by atoms with Gasteiger partial charge in [0.1, 0.15) is 5.82 Å². The molecule has 0 saturated carbocycles. The summed E-state index contributed by atoms with van der Waals surface area (Å²) < 4.78 is 0. The van der Waals surface area contributed by atoms with Crippen LogP contribution in [0.15, 0.2) is 48.7 Å². The van der Waals surface area contributed by atoms with Gasteiger partial charge < -0.3 is 10.8 Å². The molecule has 1 heterocycles. The van der Waals surface area contributed by atoms with E-state index in [-0.39, 0.29) is 0 Å². The van der Waals surface area contributed by atoms with E-state index in [9.17, 15) is 9.90 Å². The summed E-state index contributed by atoms with van der Waals surface area (Å²) in [5, 5.41) is 9.32. The molecule has 0 bridgehead atoms. The molecule has 0 aliphatic carbocycles. The highest BCUT2D eigenvalue weighted by Gasteiger charge is 2.21. The van der Waals surface area contributed by atoms with Gasteiger partial charge in [-0.3, -0.25) is 4.79 Å². The second-order valence-electron chi connectivity index (χ2n) is 4.05. The van der Waals surface area contributed by atoms with Crippen molar-refractivity contribution < 1.29 is 9.90 Å². The first-order valence-corrected chi connectivity index (χ1v) is 5.65. The lowest BCUT2D eigenvalue weighted by atomic mass is 9.92. The number of aliphatic carboxylic acids is 1. The Bertz CT molecular complexity index is 541. The monoisotopic (exact) mass is 242 g/mol. The maximum atomic E-state index is 11.4. The molecule has 18 heavy (non-hydrogen) atoms. The van der Waals surface area contributed by atoms with Crippen LogP contribution in [-0.4, -0.2) is 16.1 Å². The van der Waals surface area contributed by atoms with Gasteiger partial charge in [0.2, 0.25) is 0 Å². The predicted octanol–water partition coefficient (Wildman–Crippen LogP) is 2.07. The van der Waals surface area contributed by atoms with Gasteiger partial charge in [-0.1, -0.05) is 36.4 Å². The zero-order valence-electron chi connectivity index (χ0n) is 9.78. The number of nitrogens with zero attached hydrogens (tertiary/aromatic N) is 1. The molecule has 1 aromatic heterocycles. The second kappa shape index (κ2) is 5.31. The largest absolute Gasteiger partial charge is 0.481 e. The summed E-state index contributed by atoms with van der Waals surface area (Å²) in [6.45, 7) is 0. The number of hydrogen-bond acceptors (Lipinski definition) is 3. The van der Waals surface area contributed by atoms with Gasteiger partial charge in [-0.15, -0.1) is 0 Å². The van der Waals surface area contributed by atoms with E-state index < -0.39 is 11.9 Å². The smallest absolute Gasteiger partial charge is 0.311 e. The Morgan fingerprint density at radius 2 is 1.94 bits per heavy atom. The van der Waals surface area contributed by atoms with E-state index in [1.54, 1.807) is 18.3 Å². The number of carboxylic acids is 1. The van der Waals surface area contributed by atoms with Crippen molar-refractivity contribution in [1.82, 2.24) is 4.98 Å². The van der Waals surface area contributed by atoms with Crippen molar-refractivity contribution in [3.63, 3.8) is 0 Å². The van der Waals surface area contributed by atoms with E-state index in [2.05, 4.69) is 4.98 Å². The van der Waals surface area contributed by atoms with Gasteiger partial charge in [0, 0.05) is 6.20 Å². The van der Waals surface area contributed by atoms with Crippen molar-refractivity contribution >= 4 is 11.8 Å². The average molecular weight is 242 g/mol. The summed E-state index contributed by atoms with van der Waals surface area (Å²) in [7, 11) is 0. The lowest BCUT2D eigenvalue weighted by Gasteiger charge is -2.13. The van der Waals surface area contributed by atoms with E-state index in [0.717, 1.165) is 11.1 Å². The van der Waals surface area contributed by atoms with E-state index in [0.29, 0.717) is 12.2 Å². The molecule has 4 nitrogen and oxygen atoms in total. The van der Waals surface area contributed by atoms with Crippen LogP contribution in [0.1, 0.15) is 17.0 Å². The minimum Gasteiger partial charge on any atom is -0.481 e.